The Hall–Kier alpha value is -1.84. The number of aromatic nitrogens is 1. The molecule has 0 fully saturated rings. The number of hydrogen-bond acceptors (Lipinski definition) is 3. The average molecular weight is 248 g/mol. The lowest BCUT2D eigenvalue weighted by atomic mass is 10.0. The fraction of sp³-hybridized carbons (Fsp3) is 0.400. The zero-order valence-electron chi connectivity index (χ0n) is 8.81. The molecule has 0 unspecified atom stereocenters. The maximum absolute atomic E-state index is 12.7. The lowest BCUT2D eigenvalue weighted by Crippen LogP contribution is -2.19. The van der Waals surface area contributed by atoms with E-state index in [-0.39, 0.29) is 23.1 Å². The third-order valence-corrected chi connectivity index (χ3v) is 2.11. The van der Waals surface area contributed by atoms with Crippen molar-refractivity contribution in [1.29, 1.82) is 5.26 Å². The van der Waals surface area contributed by atoms with Gasteiger partial charge in [0, 0.05) is 11.8 Å². The first-order valence-electron chi connectivity index (χ1n) is 4.55. The Bertz CT molecular complexity index is 451. The van der Waals surface area contributed by atoms with Crippen molar-refractivity contribution in [3.05, 3.63) is 22.9 Å². The second kappa shape index (κ2) is 4.99. The highest BCUT2D eigenvalue weighted by Gasteiger charge is 2.33. The fourth-order valence-corrected chi connectivity index (χ4v) is 1.32. The molecular formula is C10H8F4N2O. The molecule has 0 saturated carbocycles. The van der Waals surface area contributed by atoms with E-state index in [9.17, 15) is 17.6 Å². The molecule has 0 aliphatic carbocycles. The summed E-state index contributed by atoms with van der Waals surface area (Å²) in [5.74, 6) is -0.688. The second-order valence-electron chi connectivity index (χ2n) is 3.21. The number of pyridine rings is 1. The molecule has 0 bridgehead atoms. The Balaban J connectivity index is 3.16. The summed E-state index contributed by atoms with van der Waals surface area (Å²) in [5, 5.41) is 8.47. The summed E-state index contributed by atoms with van der Waals surface area (Å²) in [6.45, 7) is 0.295. The summed E-state index contributed by atoms with van der Waals surface area (Å²) in [4.78, 5) is 3.43. The highest BCUT2D eigenvalue weighted by Crippen LogP contribution is 2.28. The first kappa shape index (κ1) is 13.2. The Morgan fingerprint density at radius 3 is 2.59 bits per heavy atom. The number of nitrogens with zero attached hydrogens (tertiary/aromatic N) is 2. The van der Waals surface area contributed by atoms with Crippen molar-refractivity contribution in [3.8, 4) is 11.9 Å². The van der Waals surface area contributed by atoms with Crippen LogP contribution in [0, 0.1) is 18.3 Å². The van der Waals surface area contributed by atoms with Gasteiger partial charge < -0.3 is 4.74 Å². The van der Waals surface area contributed by atoms with Gasteiger partial charge in [0.1, 0.15) is 6.67 Å². The maximum atomic E-state index is 12.7. The van der Waals surface area contributed by atoms with Crippen LogP contribution in [0.3, 0.4) is 0 Å². The van der Waals surface area contributed by atoms with Gasteiger partial charge in [-0.25, -0.2) is 9.37 Å². The van der Waals surface area contributed by atoms with Crippen LogP contribution in [0.15, 0.2) is 6.20 Å². The van der Waals surface area contributed by atoms with Crippen LogP contribution in [0.2, 0.25) is 0 Å². The Kier molecular flexibility index (Phi) is 3.89. The van der Waals surface area contributed by atoms with Gasteiger partial charge in [-0.05, 0) is 18.1 Å². The van der Waals surface area contributed by atoms with Gasteiger partial charge in [0.05, 0.1) is 12.5 Å². The molecule has 0 amide bonds. The highest BCUT2D eigenvalue weighted by molar-refractivity contribution is 5.39. The predicted molar refractivity (Wildman–Crippen MR) is 49.8 cm³/mol. The summed E-state index contributed by atoms with van der Waals surface area (Å²) in [5.41, 5.74) is 0.236. The first-order chi connectivity index (χ1) is 7.89. The summed E-state index contributed by atoms with van der Waals surface area (Å²) in [6, 6.07) is 1.78. The van der Waals surface area contributed by atoms with E-state index in [1.165, 1.54) is 6.92 Å². The summed E-state index contributed by atoms with van der Waals surface area (Å²) in [7, 11) is 0. The van der Waals surface area contributed by atoms with Crippen LogP contribution in [0.25, 0.3) is 0 Å². The van der Waals surface area contributed by atoms with E-state index < -0.39 is 18.9 Å². The molecular weight excluding hydrogens is 240 g/mol. The second-order valence-corrected chi connectivity index (χ2v) is 3.21. The van der Waals surface area contributed by atoms with E-state index in [1.807, 2.05) is 0 Å². The molecule has 0 atom stereocenters. The topological polar surface area (TPSA) is 45.9 Å². The predicted octanol–water partition coefficient (Wildman–Crippen LogP) is 2.82. The van der Waals surface area contributed by atoms with Crippen LogP contribution in [0.5, 0.6) is 5.88 Å². The van der Waals surface area contributed by atoms with Gasteiger partial charge in [0.25, 0.3) is 0 Å². The van der Waals surface area contributed by atoms with Crippen LogP contribution < -0.4 is 4.74 Å². The van der Waals surface area contributed by atoms with Gasteiger partial charge in [-0.1, -0.05) is 0 Å². The van der Waals surface area contributed by atoms with E-state index in [1.54, 1.807) is 6.07 Å². The lowest BCUT2D eigenvalue weighted by Gasteiger charge is -2.13. The number of ether oxygens (including phenoxy) is 1. The molecule has 0 spiro atoms. The molecule has 1 aromatic heterocycles. The molecule has 1 rings (SSSR count). The molecule has 0 radical (unpaired) electrons. The van der Waals surface area contributed by atoms with Crippen LogP contribution in [0.4, 0.5) is 17.6 Å². The number of rotatable bonds is 3. The van der Waals surface area contributed by atoms with Gasteiger partial charge in [-0.2, -0.15) is 5.26 Å². The van der Waals surface area contributed by atoms with Crippen LogP contribution in [0.1, 0.15) is 16.7 Å². The molecule has 92 valence electrons. The molecule has 0 N–H and O–H groups in total. The Morgan fingerprint density at radius 2 is 2.12 bits per heavy atom. The minimum Gasteiger partial charge on any atom is -0.388 e. The molecule has 3 nitrogen and oxygen atoms in total. The number of halogens is 4. The van der Waals surface area contributed by atoms with E-state index >= 15 is 0 Å². The van der Waals surface area contributed by atoms with Crippen molar-refractivity contribution in [2.75, 3.05) is 0 Å². The molecule has 1 heterocycles. The van der Waals surface area contributed by atoms with E-state index in [4.69, 9.17) is 5.26 Å². The van der Waals surface area contributed by atoms with Crippen LogP contribution in [-0.2, 0) is 13.1 Å². The SMILES string of the molecule is Cc1c(OC(F)(F)F)ncc(CC#N)c1CF. The third kappa shape index (κ3) is 3.31. The highest BCUT2D eigenvalue weighted by atomic mass is 19.4. The molecule has 1 aromatic rings. The van der Waals surface area contributed by atoms with Gasteiger partial charge in [0.15, 0.2) is 0 Å². The van der Waals surface area contributed by atoms with Crippen molar-refractivity contribution in [3.63, 3.8) is 0 Å². The standard InChI is InChI=1S/C10H8F4N2O/c1-6-8(4-11)7(2-3-15)5-16-9(6)17-10(12,13)14/h5H,2,4H2,1H3. The van der Waals surface area contributed by atoms with Crippen molar-refractivity contribution in [2.24, 2.45) is 0 Å². The first-order valence-corrected chi connectivity index (χ1v) is 4.55. The Morgan fingerprint density at radius 1 is 1.47 bits per heavy atom. The van der Waals surface area contributed by atoms with Gasteiger partial charge >= 0.3 is 6.36 Å². The van der Waals surface area contributed by atoms with Gasteiger partial charge in [0.2, 0.25) is 5.88 Å². The minimum atomic E-state index is -4.87. The minimum absolute atomic E-state index is 0.0146. The largest absolute Gasteiger partial charge is 0.574 e. The van der Waals surface area contributed by atoms with E-state index in [0.717, 1.165) is 6.20 Å². The Labute approximate surface area is 94.6 Å². The van der Waals surface area contributed by atoms with Crippen molar-refractivity contribution < 1.29 is 22.3 Å². The zero-order chi connectivity index (χ0) is 13.1. The zero-order valence-corrected chi connectivity index (χ0v) is 8.81. The van der Waals surface area contributed by atoms with Crippen molar-refractivity contribution in [2.45, 2.75) is 26.4 Å². The lowest BCUT2D eigenvalue weighted by molar-refractivity contribution is -0.276. The van der Waals surface area contributed by atoms with Gasteiger partial charge in [-0.3, -0.25) is 0 Å². The molecule has 7 heteroatoms. The van der Waals surface area contributed by atoms with Gasteiger partial charge in [-0.15, -0.1) is 13.2 Å². The smallest absolute Gasteiger partial charge is 0.388 e. The fourth-order valence-electron chi connectivity index (χ4n) is 1.32. The number of hydrogen-bond donors (Lipinski definition) is 0. The van der Waals surface area contributed by atoms with E-state index in [2.05, 4.69) is 9.72 Å². The van der Waals surface area contributed by atoms with E-state index in [0.29, 0.717) is 0 Å². The quantitative estimate of drug-likeness (QED) is 0.772. The number of alkyl halides is 4. The molecule has 0 aliphatic heterocycles. The van der Waals surface area contributed by atoms with Crippen molar-refractivity contribution in [1.82, 2.24) is 4.98 Å². The monoisotopic (exact) mass is 248 g/mol. The van der Waals surface area contributed by atoms with Crippen molar-refractivity contribution >= 4 is 0 Å². The molecule has 0 aromatic carbocycles. The molecule has 17 heavy (non-hydrogen) atoms. The maximum Gasteiger partial charge on any atom is 0.574 e. The average Bonchev–Trinajstić information content (AvgIpc) is 2.21. The molecule has 0 saturated heterocycles. The molecule has 0 aliphatic rings. The van der Waals surface area contributed by atoms with Crippen LogP contribution >= 0.6 is 0 Å². The summed E-state index contributed by atoms with van der Waals surface area (Å²) >= 11 is 0. The van der Waals surface area contributed by atoms with Crippen LogP contribution in [-0.4, -0.2) is 11.3 Å². The third-order valence-electron chi connectivity index (χ3n) is 2.11. The summed E-state index contributed by atoms with van der Waals surface area (Å²) < 4.78 is 52.3. The number of nitriles is 1. The summed E-state index contributed by atoms with van der Waals surface area (Å²) in [6.07, 6.45) is -3.96. The normalized spacial score (nSPS) is 11.1.